The fourth-order valence-electron chi connectivity index (χ4n) is 2.15. The Morgan fingerprint density at radius 2 is 2.33 bits per heavy atom. The number of furan rings is 1. The van der Waals surface area contributed by atoms with E-state index in [0.29, 0.717) is 12.3 Å². The first-order valence-corrected chi connectivity index (χ1v) is 7.19. The lowest BCUT2D eigenvalue weighted by atomic mass is 10.0. The number of urea groups is 1. The van der Waals surface area contributed by atoms with Crippen LogP contribution in [0.15, 0.2) is 35.0 Å². The molecule has 0 aliphatic heterocycles. The van der Waals surface area contributed by atoms with Gasteiger partial charge in [0, 0.05) is 6.04 Å². The predicted molar refractivity (Wildman–Crippen MR) is 78.5 cm³/mol. The van der Waals surface area contributed by atoms with Crippen molar-refractivity contribution >= 4 is 11.9 Å². The lowest BCUT2D eigenvalue weighted by Crippen LogP contribution is -2.50. The van der Waals surface area contributed by atoms with Crippen LogP contribution in [0.1, 0.15) is 31.9 Å². The Kier molecular flexibility index (Phi) is 5.43. The highest BCUT2D eigenvalue weighted by Gasteiger charge is 2.17. The number of hydrogen-bond acceptors (Lipinski definition) is 3. The van der Waals surface area contributed by atoms with Crippen LogP contribution in [0.5, 0.6) is 0 Å². The van der Waals surface area contributed by atoms with Gasteiger partial charge in [-0.05, 0) is 38.3 Å². The van der Waals surface area contributed by atoms with Gasteiger partial charge in [0.15, 0.2) is 0 Å². The SMILES string of the molecule is CC(NC(=O)NC1C=CCCC1)C(=O)NCc1ccco1. The minimum absolute atomic E-state index is 0.0529. The van der Waals surface area contributed by atoms with Crippen molar-refractivity contribution in [2.24, 2.45) is 0 Å². The Bertz CT molecular complexity index is 496. The molecule has 1 heterocycles. The molecule has 1 aromatic heterocycles. The summed E-state index contributed by atoms with van der Waals surface area (Å²) in [5, 5.41) is 8.17. The van der Waals surface area contributed by atoms with Gasteiger partial charge in [-0.15, -0.1) is 0 Å². The van der Waals surface area contributed by atoms with Crippen molar-refractivity contribution in [3.8, 4) is 0 Å². The highest BCUT2D eigenvalue weighted by atomic mass is 16.3. The van der Waals surface area contributed by atoms with Gasteiger partial charge >= 0.3 is 6.03 Å². The molecule has 0 spiro atoms. The molecule has 3 amide bonds. The maximum atomic E-state index is 11.9. The minimum atomic E-state index is -0.604. The van der Waals surface area contributed by atoms with Crippen LogP contribution in [-0.4, -0.2) is 24.0 Å². The molecule has 0 saturated heterocycles. The molecule has 1 aliphatic carbocycles. The first-order valence-electron chi connectivity index (χ1n) is 7.19. The van der Waals surface area contributed by atoms with Crippen molar-refractivity contribution in [1.82, 2.24) is 16.0 Å². The Morgan fingerprint density at radius 1 is 1.48 bits per heavy atom. The Hall–Kier alpha value is -2.24. The Balaban J connectivity index is 1.70. The van der Waals surface area contributed by atoms with Crippen molar-refractivity contribution in [2.45, 2.75) is 44.8 Å². The predicted octanol–water partition coefficient (Wildman–Crippen LogP) is 1.69. The number of hydrogen-bond donors (Lipinski definition) is 3. The second kappa shape index (κ2) is 7.52. The van der Waals surface area contributed by atoms with Crippen LogP contribution in [-0.2, 0) is 11.3 Å². The van der Waals surface area contributed by atoms with Crippen LogP contribution in [0.4, 0.5) is 4.79 Å². The van der Waals surface area contributed by atoms with E-state index in [-0.39, 0.29) is 18.0 Å². The van der Waals surface area contributed by atoms with E-state index in [2.05, 4.69) is 22.0 Å². The average molecular weight is 291 g/mol. The van der Waals surface area contributed by atoms with Crippen molar-refractivity contribution in [1.29, 1.82) is 0 Å². The van der Waals surface area contributed by atoms with Gasteiger partial charge in [-0.25, -0.2) is 4.79 Å². The average Bonchev–Trinajstić information content (AvgIpc) is 2.98. The number of allylic oxidation sites excluding steroid dienone is 1. The monoisotopic (exact) mass is 291 g/mol. The second-order valence-corrected chi connectivity index (χ2v) is 5.10. The molecule has 0 aromatic carbocycles. The van der Waals surface area contributed by atoms with Gasteiger partial charge in [-0.3, -0.25) is 4.79 Å². The summed E-state index contributed by atoms with van der Waals surface area (Å²) in [5.41, 5.74) is 0. The minimum Gasteiger partial charge on any atom is -0.467 e. The zero-order chi connectivity index (χ0) is 15.1. The number of nitrogens with one attached hydrogen (secondary N) is 3. The van der Waals surface area contributed by atoms with Crippen LogP contribution < -0.4 is 16.0 Å². The molecule has 3 N–H and O–H groups in total. The van der Waals surface area contributed by atoms with Crippen LogP contribution in [0.25, 0.3) is 0 Å². The summed E-state index contributed by atoms with van der Waals surface area (Å²) < 4.78 is 5.12. The van der Waals surface area contributed by atoms with E-state index in [1.807, 2.05) is 6.08 Å². The highest BCUT2D eigenvalue weighted by Crippen LogP contribution is 2.09. The topological polar surface area (TPSA) is 83.4 Å². The molecular formula is C15H21N3O3. The van der Waals surface area contributed by atoms with E-state index in [1.165, 1.54) is 0 Å². The number of rotatable bonds is 5. The second-order valence-electron chi connectivity index (χ2n) is 5.10. The molecule has 2 rings (SSSR count). The normalized spacial score (nSPS) is 18.8. The summed E-state index contributed by atoms with van der Waals surface area (Å²) in [6.07, 6.45) is 8.67. The molecule has 0 saturated carbocycles. The maximum absolute atomic E-state index is 11.9. The van der Waals surface area contributed by atoms with Crippen LogP contribution in [0.3, 0.4) is 0 Å². The summed E-state index contributed by atoms with van der Waals surface area (Å²) in [5.74, 6) is 0.424. The van der Waals surface area contributed by atoms with Gasteiger partial charge < -0.3 is 20.4 Å². The van der Waals surface area contributed by atoms with Gasteiger partial charge in [-0.1, -0.05) is 12.2 Å². The Labute approximate surface area is 124 Å². The molecule has 0 radical (unpaired) electrons. The summed E-state index contributed by atoms with van der Waals surface area (Å²) in [6.45, 7) is 1.96. The van der Waals surface area contributed by atoms with E-state index in [0.717, 1.165) is 19.3 Å². The first kappa shape index (κ1) is 15.2. The molecule has 0 fully saturated rings. The number of carbonyl (C=O) groups excluding carboxylic acids is 2. The zero-order valence-corrected chi connectivity index (χ0v) is 12.1. The van der Waals surface area contributed by atoms with Crippen molar-refractivity contribution < 1.29 is 14.0 Å². The third kappa shape index (κ3) is 4.98. The lowest BCUT2D eigenvalue weighted by molar-refractivity contribution is -0.122. The van der Waals surface area contributed by atoms with E-state index < -0.39 is 6.04 Å². The molecule has 114 valence electrons. The third-order valence-corrected chi connectivity index (χ3v) is 3.33. The van der Waals surface area contributed by atoms with Crippen LogP contribution >= 0.6 is 0 Å². The van der Waals surface area contributed by atoms with E-state index in [9.17, 15) is 9.59 Å². The molecule has 1 aliphatic rings. The molecular weight excluding hydrogens is 270 g/mol. The van der Waals surface area contributed by atoms with Gasteiger partial charge in [0.1, 0.15) is 11.8 Å². The lowest BCUT2D eigenvalue weighted by Gasteiger charge is -2.20. The summed E-state index contributed by atoms with van der Waals surface area (Å²) in [4.78, 5) is 23.7. The van der Waals surface area contributed by atoms with Crippen LogP contribution in [0, 0.1) is 0 Å². The number of amides is 3. The van der Waals surface area contributed by atoms with Gasteiger partial charge in [0.25, 0.3) is 0 Å². The van der Waals surface area contributed by atoms with Gasteiger partial charge in [0.05, 0.1) is 12.8 Å². The molecule has 6 nitrogen and oxygen atoms in total. The Morgan fingerprint density at radius 3 is 3.00 bits per heavy atom. The third-order valence-electron chi connectivity index (χ3n) is 3.33. The molecule has 2 unspecified atom stereocenters. The summed E-state index contributed by atoms with van der Waals surface area (Å²) in [6, 6.07) is 2.66. The fraction of sp³-hybridized carbons (Fsp3) is 0.467. The first-order chi connectivity index (χ1) is 10.1. The highest BCUT2D eigenvalue weighted by molar-refractivity contribution is 5.86. The summed E-state index contributed by atoms with van der Waals surface area (Å²) >= 11 is 0. The van der Waals surface area contributed by atoms with Crippen molar-refractivity contribution in [2.75, 3.05) is 0 Å². The van der Waals surface area contributed by atoms with Crippen LogP contribution in [0.2, 0.25) is 0 Å². The fourth-order valence-corrected chi connectivity index (χ4v) is 2.15. The quantitative estimate of drug-likeness (QED) is 0.722. The molecule has 6 heteroatoms. The standard InChI is InChI=1S/C15H21N3O3/c1-11(14(19)16-10-13-8-5-9-21-13)17-15(20)18-12-6-3-2-4-7-12/h3,5-6,8-9,11-12H,2,4,7,10H2,1H3,(H,16,19)(H2,17,18,20). The molecule has 1 aromatic rings. The van der Waals surface area contributed by atoms with Gasteiger partial charge in [0.2, 0.25) is 5.91 Å². The number of carbonyl (C=O) groups is 2. The molecule has 0 bridgehead atoms. The van der Waals surface area contributed by atoms with Crippen molar-refractivity contribution in [3.63, 3.8) is 0 Å². The van der Waals surface area contributed by atoms with Crippen molar-refractivity contribution in [3.05, 3.63) is 36.3 Å². The maximum Gasteiger partial charge on any atom is 0.315 e. The smallest absolute Gasteiger partial charge is 0.315 e. The van der Waals surface area contributed by atoms with E-state index >= 15 is 0 Å². The molecule has 21 heavy (non-hydrogen) atoms. The van der Waals surface area contributed by atoms with E-state index in [4.69, 9.17) is 4.42 Å². The summed E-state index contributed by atoms with van der Waals surface area (Å²) in [7, 11) is 0. The van der Waals surface area contributed by atoms with E-state index in [1.54, 1.807) is 25.3 Å². The zero-order valence-electron chi connectivity index (χ0n) is 12.1. The molecule has 2 atom stereocenters. The van der Waals surface area contributed by atoms with Gasteiger partial charge in [-0.2, -0.15) is 0 Å². The largest absolute Gasteiger partial charge is 0.467 e.